The predicted octanol–water partition coefficient (Wildman–Crippen LogP) is 3.96. The van der Waals surface area contributed by atoms with E-state index in [2.05, 4.69) is 4.98 Å². The number of carbonyl (C=O) groups excluding carboxylic acids is 1. The van der Waals surface area contributed by atoms with Crippen LogP contribution in [0.15, 0.2) is 29.9 Å². The third-order valence-electron chi connectivity index (χ3n) is 2.70. The van der Waals surface area contributed by atoms with Gasteiger partial charge in [-0.05, 0) is 29.5 Å². The standard InChI is InChI=1S/C13H10F3NOS/c1-2-8-4-6-19-12(8)11(18)9-7-17-5-3-10(9)13(14,15)16/h3-7H,2H2,1H3. The number of thiophene rings is 1. The first-order valence-corrected chi connectivity index (χ1v) is 6.45. The topological polar surface area (TPSA) is 30.0 Å². The second kappa shape index (κ2) is 5.13. The second-order valence-corrected chi connectivity index (χ2v) is 4.79. The minimum absolute atomic E-state index is 0.348. The van der Waals surface area contributed by atoms with Crippen LogP contribution < -0.4 is 0 Å². The van der Waals surface area contributed by atoms with E-state index in [9.17, 15) is 18.0 Å². The van der Waals surface area contributed by atoms with E-state index in [0.717, 1.165) is 35.4 Å². The summed E-state index contributed by atoms with van der Waals surface area (Å²) in [5.74, 6) is -0.618. The molecule has 0 spiro atoms. The maximum atomic E-state index is 12.9. The van der Waals surface area contributed by atoms with Gasteiger partial charge in [0.2, 0.25) is 5.78 Å². The van der Waals surface area contributed by atoms with E-state index in [4.69, 9.17) is 0 Å². The average molecular weight is 285 g/mol. The number of hydrogen-bond donors (Lipinski definition) is 0. The number of rotatable bonds is 3. The quantitative estimate of drug-likeness (QED) is 0.799. The molecular weight excluding hydrogens is 275 g/mol. The van der Waals surface area contributed by atoms with Crippen molar-refractivity contribution in [2.24, 2.45) is 0 Å². The number of ketones is 1. The molecule has 0 unspecified atom stereocenters. The lowest BCUT2D eigenvalue weighted by Crippen LogP contribution is -2.14. The van der Waals surface area contributed by atoms with E-state index in [0.29, 0.717) is 11.3 Å². The zero-order valence-corrected chi connectivity index (χ0v) is 10.8. The molecule has 2 aromatic heterocycles. The van der Waals surface area contributed by atoms with Crippen LogP contribution in [0.2, 0.25) is 0 Å². The van der Waals surface area contributed by atoms with Crippen LogP contribution in [0.3, 0.4) is 0 Å². The molecule has 0 aromatic carbocycles. The summed E-state index contributed by atoms with van der Waals surface area (Å²) in [4.78, 5) is 16.2. The van der Waals surface area contributed by atoms with Gasteiger partial charge in [-0.1, -0.05) is 6.92 Å². The van der Waals surface area contributed by atoms with Crippen molar-refractivity contribution >= 4 is 17.1 Å². The van der Waals surface area contributed by atoms with Crippen LogP contribution in [0.25, 0.3) is 0 Å². The fourth-order valence-electron chi connectivity index (χ4n) is 1.76. The van der Waals surface area contributed by atoms with Crippen molar-refractivity contribution < 1.29 is 18.0 Å². The SMILES string of the molecule is CCc1ccsc1C(=O)c1cnccc1C(F)(F)F. The number of alkyl halides is 3. The summed E-state index contributed by atoms with van der Waals surface area (Å²) in [6.45, 7) is 1.85. The molecule has 2 heterocycles. The van der Waals surface area contributed by atoms with Crippen LogP contribution in [0.5, 0.6) is 0 Å². The molecule has 0 aliphatic heterocycles. The van der Waals surface area contributed by atoms with E-state index in [1.165, 1.54) is 0 Å². The Balaban J connectivity index is 2.51. The van der Waals surface area contributed by atoms with Crippen molar-refractivity contribution in [3.63, 3.8) is 0 Å². The minimum atomic E-state index is -4.56. The fraction of sp³-hybridized carbons (Fsp3) is 0.231. The van der Waals surface area contributed by atoms with Gasteiger partial charge in [-0.3, -0.25) is 9.78 Å². The van der Waals surface area contributed by atoms with Gasteiger partial charge in [0.15, 0.2) is 0 Å². The third kappa shape index (κ3) is 2.68. The van der Waals surface area contributed by atoms with Crippen molar-refractivity contribution in [1.29, 1.82) is 0 Å². The van der Waals surface area contributed by atoms with Gasteiger partial charge in [-0.25, -0.2) is 0 Å². The van der Waals surface area contributed by atoms with E-state index >= 15 is 0 Å². The molecule has 0 aliphatic rings. The lowest BCUT2D eigenvalue weighted by molar-refractivity contribution is -0.137. The molecule has 0 saturated heterocycles. The van der Waals surface area contributed by atoms with Crippen LogP contribution in [-0.4, -0.2) is 10.8 Å². The van der Waals surface area contributed by atoms with Gasteiger partial charge in [0, 0.05) is 12.4 Å². The minimum Gasteiger partial charge on any atom is -0.288 e. The lowest BCUT2D eigenvalue weighted by Gasteiger charge is -2.11. The molecule has 0 aliphatic carbocycles. The van der Waals surface area contributed by atoms with Crippen LogP contribution in [-0.2, 0) is 12.6 Å². The molecular formula is C13H10F3NOS. The molecule has 0 saturated carbocycles. The zero-order valence-electron chi connectivity index (χ0n) is 9.99. The summed E-state index contributed by atoms with van der Waals surface area (Å²) in [6.07, 6.45) is -1.94. The normalized spacial score (nSPS) is 11.6. The van der Waals surface area contributed by atoms with Gasteiger partial charge in [-0.15, -0.1) is 11.3 Å². The number of aromatic nitrogens is 1. The number of carbonyl (C=O) groups is 1. The Morgan fingerprint density at radius 3 is 2.74 bits per heavy atom. The first kappa shape index (κ1) is 13.7. The van der Waals surface area contributed by atoms with Crippen LogP contribution in [0.4, 0.5) is 13.2 Å². The van der Waals surface area contributed by atoms with E-state index in [1.807, 2.05) is 6.92 Å². The highest BCUT2D eigenvalue weighted by molar-refractivity contribution is 7.12. The van der Waals surface area contributed by atoms with E-state index in [1.54, 1.807) is 11.4 Å². The fourth-order valence-corrected chi connectivity index (χ4v) is 2.71. The molecule has 2 aromatic rings. The predicted molar refractivity (Wildman–Crippen MR) is 66.4 cm³/mol. The molecule has 6 heteroatoms. The Labute approximate surface area is 111 Å². The van der Waals surface area contributed by atoms with Gasteiger partial charge >= 0.3 is 6.18 Å². The molecule has 0 radical (unpaired) electrons. The third-order valence-corrected chi connectivity index (χ3v) is 3.66. The van der Waals surface area contributed by atoms with Gasteiger partial charge in [-0.2, -0.15) is 13.2 Å². The number of halogens is 3. The largest absolute Gasteiger partial charge is 0.417 e. The maximum Gasteiger partial charge on any atom is 0.417 e. The number of hydrogen-bond acceptors (Lipinski definition) is 3. The molecule has 0 amide bonds. The number of pyridine rings is 1. The summed E-state index contributed by atoms with van der Waals surface area (Å²) < 4.78 is 38.6. The summed E-state index contributed by atoms with van der Waals surface area (Å²) >= 11 is 1.15. The van der Waals surface area contributed by atoms with Gasteiger partial charge in [0.25, 0.3) is 0 Å². The highest BCUT2D eigenvalue weighted by Crippen LogP contribution is 2.33. The molecule has 0 atom stereocenters. The van der Waals surface area contributed by atoms with Crippen molar-refractivity contribution in [2.45, 2.75) is 19.5 Å². The Morgan fingerprint density at radius 2 is 2.11 bits per heavy atom. The number of nitrogens with zero attached hydrogens (tertiary/aromatic N) is 1. The first-order chi connectivity index (χ1) is 8.95. The van der Waals surface area contributed by atoms with Gasteiger partial charge in [0.1, 0.15) is 0 Å². The Hall–Kier alpha value is -1.69. The molecule has 0 N–H and O–H groups in total. The monoisotopic (exact) mass is 285 g/mol. The first-order valence-electron chi connectivity index (χ1n) is 5.57. The van der Waals surface area contributed by atoms with E-state index in [-0.39, 0.29) is 0 Å². The van der Waals surface area contributed by atoms with Gasteiger partial charge < -0.3 is 0 Å². The number of aryl methyl sites for hydroxylation is 1. The maximum absolute atomic E-state index is 12.9. The Morgan fingerprint density at radius 1 is 1.37 bits per heavy atom. The lowest BCUT2D eigenvalue weighted by atomic mass is 10.0. The summed E-state index contributed by atoms with van der Waals surface area (Å²) in [6, 6.07) is 2.58. The molecule has 2 rings (SSSR count). The van der Waals surface area contributed by atoms with Crippen molar-refractivity contribution in [3.8, 4) is 0 Å². The second-order valence-electron chi connectivity index (χ2n) is 3.88. The molecule has 100 valence electrons. The molecule has 19 heavy (non-hydrogen) atoms. The Kier molecular flexibility index (Phi) is 3.71. The summed E-state index contributed by atoms with van der Waals surface area (Å²) in [5.41, 5.74) is -0.581. The van der Waals surface area contributed by atoms with Gasteiger partial charge in [0.05, 0.1) is 16.0 Å². The highest BCUT2D eigenvalue weighted by atomic mass is 32.1. The summed E-state index contributed by atoms with van der Waals surface area (Å²) in [7, 11) is 0. The van der Waals surface area contributed by atoms with Crippen LogP contribution >= 0.6 is 11.3 Å². The molecule has 0 bridgehead atoms. The summed E-state index contributed by atoms with van der Waals surface area (Å²) in [5, 5.41) is 1.70. The van der Waals surface area contributed by atoms with Crippen molar-refractivity contribution in [2.75, 3.05) is 0 Å². The molecule has 0 fully saturated rings. The molecule has 2 nitrogen and oxygen atoms in total. The van der Waals surface area contributed by atoms with E-state index < -0.39 is 23.1 Å². The smallest absolute Gasteiger partial charge is 0.288 e. The van der Waals surface area contributed by atoms with Crippen LogP contribution in [0, 0.1) is 0 Å². The van der Waals surface area contributed by atoms with Crippen molar-refractivity contribution in [3.05, 3.63) is 51.5 Å². The van der Waals surface area contributed by atoms with Crippen LogP contribution in [0.1, 0.15) is 33.3 Å². The van der Waals surface area contributed by atoms with Crippen molar-refractivity contribution in [1.82, 2.24) is 4.98 Å². The zero-order chi connectivity index (χ0) is 14.0. The average Bonchev–Trinajstić information content (AvgIpc) is 2.85. The highest BCUT2D eigenvalue weighted by Gasteiger charge is 2.35. The Bertz CT molecular complexity index is 604.